The van der Waals surface area contributed by atoms with E-state index >= 15 is 0 Å². The number of carbonyl (C=O) groups is 1. The average molecular weight is 372 g/mol. The number of aromatic nitrogens is 3. The molecule has 0 radical (unpaired) electrons. The van der Waals surface area contributed by atoms with Crippen LogP contribution in [0.3, 0.4) is 0 Å². The highest BCUT2D eigenvalue weighted by Crippen LogP contribution is 2.35. The van der Waals surface area contributed by atoms with Crippen molar-refractivity contribution in [2.24, 2.45) is 5.92 Å². The van der Waals surface area contributed by atoms with Crippen molar-refractivity contribution in [1.29, 1.82) is 0 Å². The van der Waals surface area contributed by atoms with Crippen LogP contribution in [0.25, 0.3) is 5.69 Å². The molecule has 0 bridgehead atoms. The summed E-state index contributed by atoms with van der Waals surface area (Å²) in [6.45, 7) is 0.914. The molecule has 1 saturated heterocycles. The normalized spacial score (nSPS) is 19.6. The van der Waals surface area contributed by atoms with Crippen LogP contribution in [-0.2, 0) is 16.1 Å². The van der Waals surface area contributed by atoms with Gasteiger partial charge in [0.15, 0.2) is 0 Å². The van der Waals surface area contributed by atoms with Gasteiger partial charge in [-0.25, -0.2) is 14.1 Å². The zero-order valence-corrected chi connectivity index (χ0v) is 14.7. The lowest BCUT2D eigenvalue weighted by atomic mass is 9.97. The first kappa shape index (κ1) is 16.9. The van der Waals surface area contributed by atoms with Gasteiger partial charge in [-0.1, -0.05) is 0 Å². The van der Waals surface area contributed by atoms with E-state index in [9.17, 15) is 9.18 Å². The van der Waals surface area contributed by atoms with Gasteiger partial charge in [-0.15, -0.1) is 11.3 Å². The summed E-state index contributed by atoms with van der Waals surface area (Å²) < 4.78 is 20.7. The smallest absolute Gasteiger partial charge is 0.226 e. The summed E-state index contributed by atoms with van der Waals surface area (Å²) >= 11 is 1.50. The number of nitrogens with one attached hydrogen (secondary N) is 1. The third kappa shape index (κ3) is 3.38. The second-order valence-electron chi connectivity index (χ2n) is 6.03. The van der Waals surface area contributed by atoms with Crippen molar-refractivity contribution in [1.82, 2.24) is 20.1 Å². The van der Waals surface area contributed by atoms with Crippen molar-refractivity contribution < 1.29 is 13.9 Å². The Bertz CT molecular complexity index is 879. The molecule has 1 N–H and O–H groups in total. The summed E-state index contributed by atoms with van der Waals surface area (Å²) in [6, 6.07) is 7.90. The summed E-state index contributed by atoms with van der Waals surface area (Å²) in [5, 5.41) is 9.16. The molecule has 0 spiro atoms. The summed E-state index contributed by atoms with van der Waals surface area (Å²) in [6.07, 6.45) is 1.91. The molecule has 6 nitrogen and oxygen atoms in total. The lowest BCUT2D eigenvalue weighted by Crippen LogP contribution is -2.32. The number of hydrogen-bond donors (Lipinski definition) is 1. The van der Waals surface area contributed by atoms with Gasteiger partial charge < -0.3 is 10.1 Å². The first-order chi connectivity index (χ1) is 12.7. The molecule has 0 saturated carbocycles. The molecule has 0 unspecified atom stereocenters. The molecule has 26 heavy (non-hydrogen) atoms. The van der Waals surface area contributed by atoms with Crippen LogP contribution in [0.4, 0.5) is 4.39 Å². The van der Waals surface area contributed by atoms with Crippen LogP contribution >= 0.6 is 11.3 Å². The topological polar surface area (TPSA) is 69.0 Å². The molecule has 134 valence electrons. The maximum absolute atomic E-state index is 13.2. The lowest BCUT2D eigenvalue weighted by molar-refractivity contribution is -0.127. The number of hydrogen-bond acceptors (Lipinski definition) is 5. The number of halogens is 1. The predicted molar refractivity (Wildman–Crippen MR) is 94.3 cm³/mol. The summed E-state index contributed by atoms with van der Waals surface area (Å²) in [7, 11) is 0. The van der Waals surface area contributed by atoms with E-state index < -0.39 is 6.10 Å². The number of thiazole rings is 1. The molecule has 1 aromatic carbocycles. The standard InChI is InChI=1S/C18H17FN4O2S/c19-12-1-3-14(4-2-12)23-16(5-7-22-23)17-15(6-8-25-17)18(24)20-9-13-10-26-11-21-13/h1-5,7,10-11,15,17H,6,8-9H2,(H,20,24)/t15-,17-/m0/s1. The minimum absolute atomic E-state index is 0.0626. The highest BCUT2D eigenvalue weighted by molar-refractivity contribution is 7.07. The van der Waals surface area contributed by atoms with E-state index in [1.807, 2.05) is 11.4 Å². The van der Waals surface area contributed by atoms with E-state index in [0.29, 0.717) is 19.6 Å². The Hall–Kier alpha value is -2.58. The fourth-order valence-electron chi connectivity index (χ4n) is 3.11. The van der Waals surface area contributed by atoms with Crippen LogP contribution in [-0.4, -0.2) is 27.3 Å². The van der Waals surface area contributed by atoms with Gasteiger partial charge in [0.05, 0.1) is 35.0 Å². The second-order valence-corrected chi connectivity index (χ2v) is 6.75. The van der Waals surface area contributed by atoms with Gasteiger partial charge in [0.2, 0.25) is 5.91 Å². The molecule has 1 fully saturated rings. The Morgan fingerprint density at radius 2 is 2.19 bits per heavy atom. The Labute approximate surface area is 153 Å². The van der Waals surface area contributed by atoms with Crippen LogP contribution in [0, 0.1) is 11.7 Å². The Morgan fingerprint density at radius 1 is 1.35 bits per heavy atom. The van der Waals surface area contributed by atoms with Gasteiger partial charge in [-0.3, -0.25) is 4.79 Å². The third-order valence-electron chi connectivity index (χ3n) is 4.39. The number of amides is 1. The molecule has 1 aliphatic rings. The highest BCUT2D eigenvalue weighted by Gasteiger charge is 2.37. The van der Waals surface area contributed by atoms with Gasteiger partial charge in [0, 0.05) is 18.2 Å². The van der Waals surface area contributed by atoms with Crippen LogP contribution in [0.15, 0.2) is 47.4 Å². The van der Waals surface area contributed by atoms with E-state index in [4.69, 9.17) is 4.74 Å². The van der Waals surface area contributed by atoms with Crippen molar-refractivity contribution in [3.8, 4) is 5.69 Å². The first-order valence-electron chi connectivity index (χ1n) is 8.28. The van der Waals surface area contributed by atoms with Gasteiger partial charge in [-0.05, 0) is 36.8 Å². The minimum Gasteiger partial charge on any atom is -0.371 e. The molecule has 2 aromatic heterocycles. The van der Waals surface area contributed by atoms with Crippen molar-refractivity contribution in [3.63, 3.8) is 0 Å². The fourth-order valence-corrected chi connectivity index (χ4v) is 3.67. The summed E-state index contributed by atoms with van der Waals surface area (Å²) in [5.74, 6) is -0.671. The molecular weight excluding hydrogens is 355 g/mol. The Balaban J connectivity index is 1.52. The Morgan fingerprint density at radius 3 is 2.96 bits per heavy atom. The number of rotatable bonds is 5. The van der Waals surface area contributed by atoms with Gasteiger partial charge in [0.25, 0.3) is 0 Å². The van der Waals surface area contributed by atoms with Crippen molar-refractivity contribution >= 4 is 17.2 Å². The zero-order chi connectivity index (χ0) is 17.9. The highest BCUT2D eigenvalue weighted by atomic mass is 32.1. The molecule has 1 amide bonds. The largest absolute Gasteiger partial charge is 0.371 e. The fraction of sp³-hybridized carbons (Fsp3) is 0.278. The maximum atomic E-state index is 13.2. The van der Waals surface area contributed by atoms with E-state index in [1.54, 1.807) is 28.5 Å². The third-order valence-corrected chi connectivity index (χ3v) is 5.03. The average Bonchev–Trinajstić information content (AvgIpc) is 3.40. The Kier molecular flexibility index (Phi) is 4.77. The molecule has 1 aliphatic heterocycles. The minimum atomic E-state index is -0.391. The number of ether oxygens (including phenoxy) is 1. The van der Waals surface area contributed by atoms with Crippen LogP contribution in [0.5, 0.6) is 0 Å². The number of nitrogens with zero attached hydrogens (tertiary/aromatic N) is 3. The SMILES string of the molecule is O=C(NCc1cscn1)[C@H]1CCO[C@@H]1c1ccnn1-c1ccc(F)cc1. The van der Waals surface area contributed by atoms with E-state index in [0.717, 1.165) is 17.1 Å². The van der Waals surface area contributed by atoms with Crippen molar-refractivity contribution in [2.75, 3.05) is 6.61 Å². The molecule has 3 heterocycles. The molecule has 3 aromatic rings. The van der Waals surface area contributed by atoms with Gasteiger partial charge in [-0.2, -0.15) is 5.10 Å². The summed E-state index contributed by atoms with van der Waals surface area (Å²) in [5.41, 5.74) is 4.09. The van der Waals surface area contributed by atoms with E-state index in [1.165, 1.54) is 23.5 Å². The monoisotopic (exact) mass is 372 g/mol. The van der Waals surface area contributed by atoms with Gasteiger partial charge in [0.1, 0.15) is 11.9 Å². The van der Waals surface area contributed by atoms with Crippen molar-refractivity contribution in [2.45, 2.75) is 19.1 Å². The zero-order valence-electron chi connectivity index (χ0n) is 13.8. The van der Waals surface area contributed by atoms with E-state index in [2.05, 4.69) is 15.4 Å². The molecule has 4 rings (SSSR count). The number of benzene rings is 1. The van der Waals surface area contributed by atoms with Crippen LogP contribution < -0.4 is 5.32 Å². The van der Waals surface area contributed by atoms with E-state index in [-0.39, 0.29) is 17.6 Å². The van der Waals surface area contributed by atoms with Crippen LogP contribution in [0.1, 0.15) is 23.9 Å². The van der Waals surface area contributed by atoms with Crippen molar-refractivity contribution in [3.05, 3.63) is 64.6 Å². The second kappa shape index (κ2) is 7.35. The summed E-state index contributed by atoms with van der Waals surface area (Å²) in [4.78, 5) is 16.8. The first-order valence-corrected chi connectivity index (χ1v) is 9.23. The lowest BCUT2D eigenvalue weighted by Gasteiger charge is -2.19. The van der Waals surface area contributed by atoms with Gasteiger partial charge >= 0.3 is 0 Å². The number of carbonyl (C=O) groups excluding carboxylic acids is 1. The molecule has 2 atom stereocenters. The van der Waals surface area contributed by atoms with Crippen LogP contribution in [0.2, 0.25) is 0 Å². The molecular formula is C18H17FN4O2S. The quantitative estimate of drug-likeness (QED) is 0.748. The predicted octanol–water partition coefficient (Wildman–Crippen LogP) is 2.86. The molecule has 8 heteroatoms. The molecule has 0 aliphatic carbocycles. The maximum Gasteiger partial charge on any atom is 0.226 e.